The summed E-state index contributed by atoms with van der Waals surface area (Å²) in [5.74, 6) is 1.67. The molecule has 88 valence electrons. The summed E-state index contributed by atoms with van der Waals surface area (Å²) in [6, 6.07) is 10.4. The van der Waals surface area contributed by atoms with E-state index in [4.69, 9.17) is 0 Å². The predicted molar refractivity (Wildman–Crippen MR) is 69.9 cm³/mol. The van der Waals surface area contributed by atoms with Crippen LogP contribution in [-0.4, -0.2) is 9.97 Å². The van der Waals surface area contributed by atoms with Gasteiger partial charge >= 0.3 is 0 Å². The van der Waals surface area contributed by atoms with Gasteiger partial charge in [-0.2, -0.15) is 0 Å². The molecule has 2 rings (SSSR count). The van der Waals surface area contributed by atoms with E-state index in [1.54, 1.807) is 6.20 Å². The van der Waals surface area contributed by atoms with Gasteiger partial charge < -0.3 is 5.32 Å². The molecule has 0 fully saturated rings. The van der Waals surface area contributed by atoms with Crippen LogP contribution in [0.5, 0.6) is 0 Å². The molecule has 0 saturated carbocycles. The van der Waals surface area contributed by atoms with E-state index in [0.717, 1.165) is 24.6 Å². The van der Waals surface area contributed by atoms with Gasteiger partial charge in [0.1, 0.15) is 11.6 Å². The summed E-state index contributed by atoms with van der Waals surface area (Å²) in [5.41, 5.74) is 2.71. The fourth-order valence-electron chi connectivity index (χ4n) is 1.82. The molecule has 1 N–H and O–H groups in total. The minimum atomic E-state index is 0.791. The Bertz CT molecular complexity index is 494. The fourth-order valence-corrected chi connectivity index (χ4v) is 1.82. The molecule has 0 aliphatic rings. The van der Waals surface area contributed by atoms with Crippen LogP contribution in [0.4, 0.5) is 5.82 Å². The quantitative estimate of drug-likeness (QED) is 0.872. The Hall–Kier alpha value is -1.90. The largest absolute Gasteiger partial charge is 0.366 e. The van der Waals surface area contributed by atoms with Crippen molar-refractivity contribution in [3.8, 4) is 0 Å². The van der Waals surface area contributed by atoms with Gasteiger partial charge in [-0.15, -0.1) is 0 Å². The van der Waals surface area contributed by atoms with E-state index in [1.807, 2.05) is 13.0 Å². The first-order valence-electron chi connectivity index (χ1n) is 5.90. The Kier molecular flexibility index (Phi) is 3.70. The first-order valence-corrected chi connectivity index (χ1v) is 5.90. The Morgan fingerprint density at radius 3 is 2.59 bits per heavy atom. The highest BCUT2D eigenvalue weighted by Gasteiger charge is 2.00. The highest BCUT2D eigenvalue weighted by Crippen LogP contribution is 2.11. The number of benzene rings is 1. The van der Waals surface area contributed by atoms with E-state index >= 15 is 0 Å². The third kappa shape index (κ3) is 3.03. The highest BCUT2D eigenvalue weighted by molar-refractivity contribution is 5.36. The first-order chi connectivity index (χ1) is 8.29. The second-order valence-corrected chi connectivity index (χ2v) is 3.96. The van der Waals surface area contributed by atoms with Crippen LogP contribution in [0, 0.1) is 6.92 Å². The van der Waals surface area contributed by atoms with Crippen molar-refractivity contribution >= 4 is 5.82 Å². The minimum Gasteiger partial charge on any atom is -0.366 e. The van der Waals surface area contributed by atoms with E-state index in [9.17, 15) is 0 Å². The van der Waals surface area contributed by atoms with E-state index in [0.29, 0.717) is 0 Å². The molecule has 2 aromatic rings. The van der Waals surface area contributed by atoms with Crippen molar-refractivity contribution in [1.29, 1.82) is 0 Å². The molecule has 0 saturated heterocycles. The van der Waals surface area contributed by atoms with Crippen LogP contribution in [0.15, 0.2) is 36.5 Å². The summed E-state index contributed by atoms with van der Waals surface area (Å²) in [6.45, 7) is 4.87. The third-order valence-corrected chi connectivity index (χ3v) is 2.74. The zero-order valence-electron chi connectivity index (χ0n) is 10.3. The van der Waals surface area contributed by atoms with Crippen LogP contribution in [0.25, 0.3) is 0 Å². The molecule has 0 aliphatic carbocycles. The highest BCUT2D eigenvalue weighted by atomic mass is 15.0. The van der Waals surface area contributed by atoms with Gasteiger partial charge in [-0.3, -0.25) is 0 Å². The second kappa shape index (κ2) is 5.43. The average molecular weight is 227 g/mol. The molecule has 0 amide bonds. The van der Waals surface area contributed by atoms with Crippen LogP contribution in [0.1, 0.15) is 23.9 Å². The van der Waals surface area contributed by atoms with E-state index in [1.165, 1.54) is 11.1 Å². The standard InChI is InChI=1S/C14H17N3/c1-3-12-6-4-5-7-13(12)10-16-14-8-9-15-11(2)17-14/h4-9H,3,10H2,1-2H3,(H,15,16,17). The van der Waals surface area contributed by atoms with Gasteiger partial charge in [0.15, 0.2) is 0 Å². The number of aryl methyl sites for hydroxylation is 2. The summed E-state index contributed by atoms with van der Waals surface area (Å²) < 4.78 is 0. The topological polar surface area (TPSA) is 37.8 Å². The monoisotopic (exact) mass is 227 g/mol. The van der Waals surface area contributed by atoms with Gasteiger partial charge in [0, 0.05) is 12.7 Å². The molecule has 3 heteroatoms. The maximum absolute atomic E-state index is 4.32. The Morgan fingerprint density at radius 2 is 1.88 bits per heavy atom. The van der Waals surface area contributed by atoms with Crippen LogP contribution >= 0.6 is 0 Å². The summed E-state index contributed by atoms with van der Waals surface area (Å²) in [5, 5.41) is 3.33. The lowest BCUT2D eigenvalue weighted by molar-refractivity contribution is 1.00. The van der Waals surface area contributed by atoms with Crippen LogP contribution in [-0.2, 0) is 13.0 Å². The van der Waals surface area contributed by atoms with Crippen LogP contribution < -0.4 is 5.32 Å². The molecule has 1 aromatic heterocycles. The Morgan fingerprint density at radius 1 is 1.12 bits per heavy atom. The van der Waals surface area contributed by atoms with Gasteiger partial charge in [0.05, 0.1) is 0 Å². The summed E-state index contributed by atoms with van der Waals surface area (Å²) in [4.78, 5) is 8.40. The number of anilines is 1. The summed E-state index contributed by atoms with van der Waals surface area (Å²) in [7, 11) is 0. The number of rotatable bonds is 4. The lowest BCUT2D eigenvalue weighted by atomic mass is 10.1. The van der Waals surface area contributed by atoms with Crippen molar-refractivity contribution in [1.82, 2.24) is 9.97 Å². The summed E-state index contributed by atoms with van der Waals surface area (Å²) in [6.07, 6.45) is 2.83. The molecule has 0 radical (unpaired) electrons. The van der Waals surface area contributed by atoms with Gasteiger partial charge in [-0.1, -0.05) is 31.2 Å². The maximum atomic E-state index is 4.32. The Labute approximate surface area is 102 Å². The van der Waals surface area contributed by atoms with Crippen LogP contribution in [0.3, 0.4) is 0 Å². The average Bonchev–Trinajstić information content (AvgIpc) is 2.37. The van der Waals surface area contributed by atoms with Gasteiger partial charge in [0.25, 0.3) is 0 Å². The molecule has 0 atom stereocenters. The van der Waals surface area contributed by atoms with Crippen molar-refractivity contribution in [2.75, 3.05) is 5.32 Å². The zero-order valence-corrected chi connectivity index (χ0v) is 10.3. The maximum Gasteiger partial charge on any atom is 0.129 e. The van der Waals surface area contributed by atoms with Gasteiger partial charge in [-0.05, 0) is 30.5 Å². The predicted octanol–water partition coefficient (Wildman–Crippen LogP) is 2.96. The normalized spacial score (nSPS) is 10.2. The third-order valence-electron chi connectivity index (χ3n) is 2.74. The van der Waals surface area contributed by atoms with E-state index in [-0.39, 0.29) is 0 Å². The molecular weight excluding hydrogens is 210 g/mol. The SMILES string of the molecule is CCc1ccccc1CNc1ccnc(C)n1. The minimum absolute atomic E-state index is 0.791. The first kappa shape index (κ1) is 11.6. The lowest BCUT2D eigenvalue weighted by Gasteiger charge is -2.09. The number of hydrogen-bond donors (Lipinski definition) is 1. The molecule has 0 bridgehead atoms. The number of hydrogen-bond acceptors (Lipinski definition) is 3. The summed E-state index contributed by atoms with van der Waals surface area (Å²) >= 11 is 0. The number of aromatic nitrogens is 2. The van der Waals surface area contributed by atoms with E-state index in [2.05, 4.69) is 46.5 Å². The lowest BCUT2D eigenvalue weighted by Crippen LogP contribution is -2.04. The molecular formula is C14H17N3. The second-order valence-electron chi connectivity index (χ2n) is 3.96. The molecule has 0 aliphatic heterocycles. The zero-order chi connectivity index (χ0) is 12.1. The molecule has 1 heterocycles. The van der Waals surface area contributed by atoms with Gasteiger partial charge in [0.2, 0.25) is 0 Å². The van der Waals surface area contributed by atoms with Crippen molar-refractivity contribution in [3.05, 3.63) is 53.5 Å². The fraction of sp³-hybridized carbons (Fsp3) is 0.286. The van der Waals surface area contributed by atoms with Crippen molar-refractivity contribution < 1.29 is 0 Å². The molecule has 1 aromatic carbocycles. The molecule has 17 heavy (non-hydrogen) atoms. The molecule has 0 spiro atoms. The van der Waals surface area contributed by atoms with Gasteiger partial charge in [-0.25, -0.2) is 9.97 Å². The van der Waals surface area contributed by atoms with Crippen molar-refractivity contribution in [2.45, 2.75) is 26.8 Å². The van der Waals surface area contributed by atoms with Crippen molar-refractivity contribution in [2.24, 2.45) is 0 Å². The van der Waals surface area contributed by atoms with Crippen molar-refractivity contribution in [3.63, 3.8) is 0 Å². The number of nitrogens with one attached hydrogen (secondary N) is 1. The smallest absolute Gasteiger partial charge is 0.129 e. The molecule has 3 nitrogen and oxygen atoms in total. The molecule has 0 unspecified atom stereocenters. The van der Waals surface area contributed by atoms with Crippen LogP contribution in [0.2, 0.25) is 0 Å². The Balaban J connectivity index is 2.07. The number of nitrogens with zero attached hydrogens (tertiary/aromatic N) is 2. The van der Waals surface area contributed by atoms with E-state index < -0.39 is 0 Å².